The van der Waals surface area contributed by atoms with Gasteiger partial charge in [0.05, 0.1) is 23.7 Å². The number of hydrogen-bond acceptors (Lipinski definition) is 7. The SMILES string of the molecule is Cc1nccnc1CN1CCC2(CC1)OCCc1cnc(N)nc12. The zero-order chi connectivity index (χ0) is 16.6. The van der Waals surface area contributed by atoms with Gasteiger partial charge < -0.3 is 10.5 Å². The third-order valence-corrected chi connectivity index (χ3v) is 5.08. The Bertz CT molecular complexity index is 742. The average Bonchev–Trinajstić information content (AvgIpc) is 2.60. The number of fused-ring (bicyclic) bond motifs is 2. The minimum Gasteiger partial charge on any atom is -0.368 e. The lowest BCUT2D eigenvalue weighted by molar-refractivity contribution is -0.102. The van der Waals surface area contributed by atoms with E-state index in [-0.39, 0.29) is 5.60 Å². The van der Waals surface area contributed by atoms with Crippen molar-refractivity contribution in [1.82, 2.24) is 24.8 Å². The molecular formula is C17H22N6O. The summed E-state index contributed by atoms with van der Waals surface area (Å²) in [6.07, 6.45) is 8.04. The number of hydrogen-bond donors (Lipinski definition) is 1. The predicted octanol–water partition coefficient (Wildman–Crippen LogP) is 1.22. The third kappa shape index (κ3) is 2.74. The highest BCUT2D eigenvalue weighted by Crippen LogP contribution is 2.40. The van der Waals surface area contributed by atoms with Gasteiger partial charge in [-0.2, -0.15) is 0 Å². The number of nitrogen functional groups attached to an aromatic ring is 1. The summed E-state index contributed by atoms with van der Waals surface area (Å²) in [7, 11) is 0. The van der Waals surface area contributed by atoms with Crippen LogP contribution in [-0.4, -0.2) is 44.5 Å². The van der Waals surface area contributed by atoms with Gasteiger partial charge in [0.2, 0.25) is 5.95 Å². The van der Waals surface area contributed by atoms with Crippen molar-refractivity contribution in [1.29, 1.82) is 0 Å². The molecular weight excluding hydrogens is 304 g/mol. The van der Waals surface area contributed by atoms with Crippen molar-refractivity contribution in [2.75, 3.05) is 25.4 Å². The zero-order valence-corrected chi connectivity index (χ0v) is 13.9. The summed E-state index contributed by atoms with van der Waals surface area (Å²) >= 11 is 0. The first-order valence-electron chi connectivity index (χ1n) is 8.41. The van der Waals surface area contributed by atoms with Crippen molar-refractivity contribution < 1.29 is 4.74 Å². The van der Waals surface area contributed by atoms with Gasteiger partial charge in [0, 0.05) is 38.2 Å². The highest BCUT2D eigenvalue weighted by Gasteiger charge is 2.42. The van der Waals surface area contributed by atoms with Gasteiger partial charge in [-0.3, -0.25) is 14.9 Å². The molecule has 0 amide bonds. The molecule has 0 radical (unpaired) electrons. The highest BCUT2D eigenvalue weighted by atomic mass is 16.5. The maximum Gasteiger partial charge on any atom is 0.220 e. The number of aromatic nitrogens is 4. The zero-order valence-electron chi connectivity index (χ0n) is 13.9. The Morgan fingerprint density at radius 2 is 2.00 bits per heavy atom. The number of piperidine rings is 1. The number of aryl methyl sites for hydroxylation is 1. The molecule has 2 aromatic heterocycles. The van der Waals surface area contributed by atoms with E-state index < -0.39 is 0 Å². The fraction of sp³-hybridized carbons (Fsp3) is 0.529. The summed E-state index contributed by atoms with van der Waals surface area (Å²) in [5.41, 5.74) is 9.72. The van der Waals surface area contributed by atoms with Crippen molar-refractivity contribution in [2.24, 2.45) is 0 Å². The molecule has 2 aromatic rings. The lowest BCUT2D eigenvalue weighted by Crippen LogP contribution is -2.47. The van der Waals surface area contributed by atoms with Crippen LogP contribution in [0.25, 0.3) is 0 Å². The molecule has 0 aliphatic carbocycles. The van der Waals surface area contributed by atoms with Crippen LogP contribution in [0.15, 0.2) is 18.6 Å². The van der Waals surface area contributed by atoms with Crippen LogP contribution >= 0.6 is 0 Å². The highest BCUT2D eigenvalue weighted by molar-refractivity contribution is 5.32. The van der Waals surface area contributed by atoms with Crippen LogP contribution in [-0.2, 0) is 23.3 Å². The summed E-state index contributed by atoms with van der Waals surface area (Å²) in [6, 6.07) is 0. The molecule has 0 saturated carbocycles. The summed E-state index contributed by atoms with van der Waals surface area (Å²) in [5, 5.41) is 0. The van der Waals surface area contributed by atoms with Crippen LogP contribution < -0.4 is 5.73 Å². The van der Waals surface area contributed by atoms with Gasteiger partial charge >= 0.3 is 0 Å². The second kappa shape index (κ2) is 6.07. The first kappa shape index (κ1) is 15.4. The molecule has 1 spiro atoms. The molecule has 0 bridgehead atoms. The van der Waals surface area contributed by atoms with E-state index in [1.54, 1.807) is 12.4 Å². The Morgan fingerprint density at radius 3 is 2.79 bits per heavy atom. The molecule has 0 unspecified atom stereocenters. The van der Waals surface area contributed by atoms with E-state index in [1.165, 1.54) is 5.56 Å². The fourth-order valence-electron chi connectivity index (χ4n) is 3.68. The Balaban J connectivity index is 1.51. The summed E-state index contributed by atoms with van der Waals surface area (Å²) < 4.78 is 6.21. The molecule has 1 saturated heterocycles. The minimum absolute atomic E-state index is 0.307. The lowest BCUT2D eigenvalue weighted by Gasteiger charge is -2.44. The molecule has 24 heavy (non-hydrogen) atoms. The smallest absolute Gasteiger partial charge is 0.220 e. The number of likely N-dealkylation sites (tertiary alicyclic amines) is 1. The van der Waals surface area contributed by atoms with Crippen molar-refractivity contribution in [2.45, 2.75) is 38.3 Å². The van der Waals surface area contributed by atoms with Gasteiger partial charge in [-0.1, -0.05) is 0 Å². The van der Waals surface area contributed by atoms with Crippen LogP contribution in [0.3, 0.4) is 0 Å². The van der Waals surface area contributed by atoms with Crippen molar-refractivity contribution in [3.05, 3.63) is 41.2 Å². The summed E-state index contributed by atoms with van der Waals surface area (Å²) in [5.74, 6) is 0.330. The molecule has 2 aliphatic heterocycles. The van der Waals surface area contributed by atoms with E-state index in [2.05, 4.69) is 24.8 Å². The maximum atomic E-state index is 6.21. The van der Waals surface area contributed by atoms with Gasteiger partial charge in [0.1, 0.15) is 5.60 Å². The molecule has 2 N–H and O–H groups in total. The molecule has 2 aliphatic rings. The second-order valence-corrected chi connectivity index (χ2v) is 6.56. The molecule has 0 aromatic carbocycles. The van der Waals surface area contributed by atoms with E-state index >= 15 is 0 Å². The first-order chi connectivity index (χ1) is 11.7. The molecule has 7 nitrogen and oxygen atoms in total. The topological polar surface area (TPSA) is 90.0 Å². The third-order valence-electron chi connectivity index (χ3n) is 5.08. The number of nitrogens with zero attached hydrogens (tertiary/aromatic N) is 5. The number of nitrogens with two attached hydrogens (primary N) is 1. The van der Waals surface area contributed by atoms with E-state index in [9.17, 15) is 0 Å². The predicted molar refractivity (Wildman–Crippen MR) is 89.1 cm³/mol. The molecule has 4 rings (SSSR count). The Labute approximate surface area is 141 Å². The molecule has 4 heterocycles. The maximum absolute atomic E-state index is 6.21. The van der Waals surface area contributed by atoms with Crippen molar-refractivity contribution in [3.8, 4) is 0 Å². The Kier molecular flexibility index (Phi) is 3.90. The normalized spacial score (nSPS) is 20.0. The van der Waals surface area contributed by atoms with Crippen LogP contribution in [0.5, 0.6) is 0 Å². The van der Waals surface area contributed by atoms with Gasteiger partial charge in [-0.15, -0.1) is 0 Å². The fourth-order valence-corrected chi connectivity index (χ4v) is 3.68. The molecule has 1 fully saturated rings. The number of rotatable bonds is 2. The van der Waals surface area contributed by atoms with Crippen LogP contribution in [0.1, 0.15) is 35.5 Å². The Morgan fingerprint density at radius 1 is 1.21 bits per heavy atom. The number of anilines is 1. The average molecular weight is 326 g/mol. The second-order valence-electron chi connectivity index (χ2n) is 6.56. The molecule has 126 valence electrons. The molecule has 0 atom stereocenters. The number of ether oxygens (including phenoxy) is 1. The summed E-state index contributed by atoms with van der Waals surface area (Å²) in [6.45, 7) is 5.45. The van der Waals surface area contributed by atoms with Crippen LogP contribution in [0.2, 0.25) is 0 Å². The largest absolute Gasteiger partial charge is 0.368 e. The van der Waals surface area contributed by atoms with Gasteiger partial charge in [0.15, 0.2) is 0 Å². The quantitative estimate of drug-likeness (QED) is 0.887. The Hall–Kier alpha value is -2.12. The van der Waals surface area contributed by atoms with E-state index in [0.717, 1.165) is 62.6 Å². The van der Waals surface area contributed by atoms with Gasteiger partial charge in [-0.05, 0) is 31.7 Å². The van der Waals surface area contributed by atoms with Crippen LogP contribution in [0, 0.1) is 6.92 Å². The van der Waals surface area contributed by atoms with Crippen molar-refractivity contribution in [3.63, 3.8) is 0 Å². The van der Waals surface area contributed by atoms with Gasteiger partial charge in [0.25, 0.3) is 0 Å². The van der Waals surface area contributed by atoms with Crippen molar-refractivity contribution >= 4 is 5.95 Å². The van der Waals surface area contributed by atoms with E-state index in [0.29, 0.717) is 5.95 Å². The van der Waals surface area contributed by atoms with Crippen LogP contribution in [0.4, 0.5) is 5.95 Å². The monoisotopic (exact) mass is 326 g/mol. The minimum atomic E-state index is -0.307. The summed E-state index contributed by atoms with van der Waals surface area (Å²) in [4.78, 5) is 19.8. The molecule has 7 heteroatoms. The first-order valence-corrected chi connectivity index (χ1v) is 8.41. The van der Waals surface area contributed by atoms with Gasteiger partial charge in [-0.25, -0.2) is 9.97 Å². The van der Waals surface area contributed by atoms with E-state index in [1.807, 2.05) is 13.1 Å². The standard InChI is InChI=1S/C17H22N6O/c1-12-14(20-6-5-19-12)11-23-7-3-17(4-8-23)15-13(2-9-24-17)10-21-16(18)22-15/h5-6,10H,2-4,7-9,11H2,1H3,(H2,18,21,22). The van der Waals surface area contributed by atoms with E-state index in [4.69, 9.17) is 10.5 Å². The lowest BCUT2D eigenvalue weighted by atomic mass is 9.83.